The number of rotatable bonds is 6. The van der Waals surface area contributed by atoms with Gasteiger partial charge in [-0.25, -0.2) is 0 Å². The fourth-order valence-corrected chi connectivity index (χ4v) is 1.53. The largest absolute Gasteiger partial charge is 0.508 e. The average Bonchev–Trinajstić information content (AvgIpc) is 2.17. The van der Waals surface area contributed by atoms with Crippen LogP contribution >= 0.6 is 0 Å². The molecule has 2 nitrogen and oxygen atoms in total. The van der Waals surface area contributed by atoms with Crippen molar-refractivity contribution in [1.82, 2.24) is 5.32 Å². The van der Waals surface area contributed by atoms with Crippen molar-refractivity contribution >= 4 is 0 Å². The quantitative estimate of drug-likeness (QED) is 0.703. The molecule has 0 aliphatic rings. The van der Waals surface area contributed by atoms with Gasteiger partial charge in [-0.15, -0.1) is 0 Å². The average molecular weight is 207 g/mol. The highest BCUT2D eigenvalue weighted by Crippen LogP contribution is 2.10. The zero-order chi connectivity index (χ0) is 11.1. The van der Waals surface area contributed by atoms with Gasteiger partial charge < -0.3 is 10.4 Å². The van der Waals surface area contributed by atoms with E-state index in [4.69, 9.17) is 0 Å². The summed E-state index contributed by atoms with van der Waals surface area (Å²) in [6.45, 7) is 6.38. The maximum absolute atomic E-state index is 9.26. The standard InChI is InChI=1S/C13H21NO/c1-11(2)5-4-8-14-10-12-6-3-7-13(15)9-12/h3,6-7,9,11,14-15H,4-5,8,10H2,1-2H3. The molecule has 0 atom stereocenters. The molecule has 0 saturated carbocycles. The molecule has 0 radical (unpaired) electrons. The molecule has 0 unspecified atom stereocenters. The van der Waals surface area contributed by atoms with Gasteiger partial charge in [0.05, 0.1) is 0 Å². The van der Waals surface area contributed by atoms with Gasteiger partial charge in [0.2, 0.25) is 0 Å². The third-order valence-electron chi connectivity index (χ3n) is 2.37. The second-order valence-electron chi connectivity index (χ2n) is 4.38. The zero-order valence-electron chi connectivity index (χ0n) is 9.66. The van der Waals surface area contributed by atoms with Gasteiger partial charge in [0, 0.05) is 6.54 Å². The van der Waals surface area contributed by atoms with E-state index in [0.717, 1.165) is 24.6 Å². The molecule has 0 aliphatic heterocycles. The van der Waals surface area contributed by atoms with Crippen molar-refractivity contribution in [3.05, 3.63) is 29.8 Å². The summed E-state index contributed by atoms with van der Waals surface area (Å²) in [5, 5.41) is 12.6. The molecule has 1 aromatic carbocycles. The van der Waals surface area contributed by atoms with Crippen LogP contribution in [0, 0.1) is 5.92 Å². The highest BCUT2D eigenvalue weighted by Gasteiger charge is 1.95. The van der Waals surface area contributed by atoms with Crippen LogP contribution in [0.15, 0.2) is 24.3 Å². The van der Waals surface area contributed by atoms with Gasteiger partial charge in [0.1, 0.15) is 5.75 Å². The van der Waals surface area contributed by atoms with Crippen molar-refractivity contribution in [2.24, 2.45) is 5.92 Å². The zero-order valence-corrected chi connectivity index (χ0v) is 9.66. The molecule has 0 bridgehead atoms. The van der Waals surface area contributed by atoms with Crippen LogP contribution in [0.4, 0.5) is 0 Å². The molecule has 84 valence electrons. The molecule has 0 heterocycles. The van der Waals surface area contributed by atoms with Crippen LogP contribution in [0.25, 0.3) is 0 Å². The van der Waals surface area contributed by atoms with Crippen LogP contribution in [-0.2, 0) is 6.54 Å². The first-order chi connectivity index (χ1) is 7.18. The minimum atomic E-state index is 0.344. The van der Waals surface area contributed by atoms with E-state index in [1.54, 1.807) is 12.1 Å². The van der Waals surface area contributed by atoms with Gasteiger partial charge >= 0.3 is 0 Å². The first kappa shape index (κ1) is 12.1. The molecule has 2 N–H and O–H groups in total. The van der Waals surface area contributed by atoms with E-state index < -0.39 is 0 Å². The van der Waals surface area contributed by atoms with Gasteiger partial charge in [0.25, 0.3) is 0 Å². The minimum absolute atomic E-state index is 0.344. The smallest absolute Gasteiger partial charge is 0.115 e. The Bertz CT molecular complexity index is 284. The van der Waals surface area contributed by atoms with Crippen LogP contribution in [0.5, 0.6) is 5.75 Å². The van der Waals surface area contributed by atoms with Crippen LogP contribution in [0.3, 0.4) is 0 Å². The van der Waals surface area contributed by atoms with Crippen LogP contribution in [-0.4, -0.2) is 11.7 Å². The van der Waals surface area contributed by atoms with Crippen molar-refractivity contribution in [2.45, 2.75) is 33.2 Å². The lowest BCUT2D eigenvalue weighted by Crippen LogP contribution is -2.15. The third kappa shape index (κ3) is 5.43. The Kier molecular flexibility index (Phi) is 5.19. The maximum Gasteiger partial charge on any atom is 0.115 e. The Balaban J connectivity index is 2.15. The van der Waals surface area contributed by atoms with E-state index in [2.05, 4.69) is 19.2 Å². The summed E-state index contributed by atoms with van der Waals surface area (Å²) in [5.41, 5.74) is 1.14. The lowest BCUT2D eigenvalue weighted by atomic mass is 10.1. The molecule has 0 saturated heterocycles. The number of phenolic OH excluding ortho intramolecular Hbond substituents is 1. The highest BCUT2D eigenvalue weighted by molar-refractivity contribution is 5.26. The Hall–Kier alpha value is -1.02. The summed E-state index contributed by atoms with van der Waals surface area (Å²) in [5.74, 6) is 1.13. The summed E-state index contributed by atoms with van der Waals surface area (Å²) in [7, 11) is 0. The van der Waals surface area contributed by atoms with Crippen molar-refractivity contribution in [1.29, 1.82) is 0 Å². The van der Waals surface area contributed by atoms with Crippen LogP contribution in [0.1, 0.15) is 32.3 Å². The predicted octanol–water partition coefficient (Wildman–Crippen LogP) is 2.92. The minimum Gasteiger partial charge on any atom is -0.508 e. The summed E-state index contributed by atoms with van der Waals surface area (Å²) in [6, 6.07) is 7.40. The van der Waals surface area contributed by atoms with E-state index in [1.807, 2.05) is 12.1 Å². The fraction of sp³-hybridized carbons (Fsp3) is 0.538. The van der Waals surface area contributed by atoms with E-state index in [9.17, 15) is 5.11 Å². The van der Waals surface area contributed by atoms with E-state index in [0.29, 0.717) is 5.75 Å². The molecule has 0 spiro atoms. The molecule has 0 aromatic heterocycles. The Morgan fingerprint density at radius 2 is 2.13 bits per heavy atom. The van der Waals surface area contributed by atoms with E-state index >= 15 is 0 Å². The SMILES string of the molecule is CC(C)CCCNCc1cccc(O)c1. The molecule has 1 rings (SSSR count). The maximum atomic E-state index is 9.26. The normalized spacial score (nSPS) is 10.9. The van der Waals surface area contributed by atoms with E-state index in [-0.39, 0.29) is 0 Å². The monoisotopic (exact) mass is 207 g/mol. The number of phenols is 1. The topological polar surface area (TPSA) is 32.3 Å². The Morgan fingerprint density at radius 1 is 1.33 bits per heavy atom. The van der Waals surface area contributed by atoms with Gasteiger partial charge in [-0.1, -0.05) is 26.0 Å². The molecule has 15 heavy (non-hydrogen) atoms. The molecular weight excluding hydrogens is 186 g/mol. The van der Waals surface area contributed by atoms with Crippen molar-refractivity contribution in [3.8, 4) is 5.75 Å². The Labute approximate surface area is 92.3 Å². The molecule has 2 heteroatoms. The van der Waals surface area contributed by atoms with Gasteiger partial charge in [-0.2, -0.15) is 0 Å². The summed E-state index contributed by atoms with van der Waals surface area (Å²) >= 11 is 0. The fourth-order valence-electron chi connectivity index (χ4n) is 1.53. The first-order valence-corrected chi connectivity index (χ1v) is 5.67. The van der Waals surface area contributed by atoms with Gasteiger partial charge in [-0.3, -0.25) is 0 Å². The van der Waals surface area contributed by atoms with E-state index in [1.165, 1.54) is 12.8 Å². The molecule has 0 aliphatic carbocycles. The molecular formula is C13H21NO. The highest BCUT2D eigenvalue weighted by atomic mass is 16.3. The number of nitrogens with one attached hydrogen (secondary N) is 1. The number of hydrogen-bond donors (Lipinski definition) is 2. The molecule has 1 aromatic rings. The van der Waals surface area contributed by atoms with Crippen molar-refractivity contribution in [2.75, 3.05) is 6.54 Å². The van der Waals surface area contributed by atoms with Gasteiger partial charge in [-0.05, 0) is 43.0 Å². The first-order valence-electron chi connectivity index (χ1n) is 5.67. The number of hydrogen-bond acceptors (Lipinski definition) is 2. The third-order valence-corrected chi connectivity index (χ3v) is 2.37. The number of aromatic hydroxyl groups is 1. The van der Waals surface area contributed by atoms with Crippen molar-refractivity contribution < 1.29 is 5.11 Å². The second-order valence-corrected chi connectivity index (χ2v) is 4.38. The predicted molar refractivity (Wildman–Crippen MR) is 63.9 cm³/mol. The Morgan fingerprint density at radius 3 is 2.80 bits per heavy atom. The van der Waals surface area contributed by atoms with Crippen LogP contribution < -0.4 is 5.32 Å². The van der Waals surface area contributed by atoms with Gasteiger partial charge in [0.15, 0.2) is 0 Å². The molecule has 0 amide bonds. The second kappa shape index (κ2) is 6.46. The van der Waals surface area contributed by atoms with Crippen LogP contribution in [0.2, 0.25) is 0 Å². The lowest BCUT2D eigenvalue weighted by molar-refractivity contribution is 0.473. The lowest BCUT2D eigenvalue weighted by Gasteiger charge is -2.06. The summed E-state index contributed by atoms with van der Waals surface area (Å²) < 4.78 is 0. The molecule has 0 fully saturated rings. The number of benzene rings is 1. The summed E-state index contributed by atoms with van der Waals surface area (Å²) in [4.78, 5) is 0. The van der Waals surface area contributed by atoms with Crippen molar-refractivity contribution in [3.63, 3.8) is 0 Å². The summed E-state index contributed by atoms with van der Waals surface area (Å²) in [6.07, 6.45) is 2.49.